The van der Waals surface area contributed by atoms with E-state index >= 15 is 0 Å². The van der Waals surface area contributed by atoms with Gasteiger partial charge >= 0.3 is 0 Å². The van der Waals surface area contributed by atoms with Crippen molar-refractivity contribution in [3.63, 3.8) is 0 Å². The molecule has 1 atom stereocenters. The van der Waals surface area contributed by atoms with Crippen molar-refractivity contribution in [1.82, 2.24) is 4.57 Å². The van der Waals surface area contributed by atoms with Crippen LogP contribution in [0.15, 0.2) is 240 Å². The Balaban J connectivity index is 1.01. The van der Waals surface area contributed by atoms with Crippen molar-refractivity contribution in [3.05, 3.63) is 253 Å². The van der Waals surface area contributed by atoms with E-state index in [9.17, 15) is 0 Å². The van der Waals surface area contributed by atoms with Crippen LogP contribution in [0.5, 0.6) is 0 Å². The van der Waals surface area contributed by atoms with Crippen molar-refractivity contribution < 1.29 is 0 Å². The van der Waals surface area contributed by atoms with E-state index in [4.69, 9.17) is 0 Å². The normalized spacial score (nSPS) is 14.9. The molecule has 312 valence electrons. The lowest BCUT2D eigenvalue weighted by Gasteiger charge is -2.46. The van der Waals surface area contributed by atoms with E-state index in [2.05, 4.69) is 240 Å². The lowest BCUT2D eigenvalue weighted by molar-refractivity contribution is 0.707. The molecule has 0 saturated heterocycles. The van der Waals surface area contributed by atoms with Gasteiger partial charge in [0.15, 0.2) is 0 Å². The van der Waals surface area contributed by atoms with Crippen LogP contribution in [0.25, 0.3) is 80.3 Å². The number of fused-ring (bicyclic) bond motifs is 15. The van der Waals surface area contributed by atoms with Crippen LogP contribution in [0.2, 0.25) is 0 Å². The van der Waals surface area contributed by atoms with Gasteiger partial charge in [0.25, 0.3) is 0 Å². The predicted octanol–water partition coefficient (Wildman–Crippen LogP) is 17.8. The lowest BCUT2D eigenvalue weighted by atomic mass is 9.59. The monoisotopic (exact) mass is 886 g/mol. The van der Waals surface area contributed by atoms with Crippen molar-refractivity contribution in [2.45, 2.75) is 15.2 Å². The Hall–Kier alpha value is -7.89. The molecular formula is C63H38N2S2. The van der Waals surface area contributed by atoms with Gasteiger partial charge in [-0.15, -0.1) is 11.3 Å². The third-order valence-corrected chi connectivity index (χ3v) is 16.9. The van der Waals surface area contributed by atoms with Gasteiger partial charge in [-0.25, -0.2) is 0 Å². The van der Waals surface area contributed by atoms with Gasteiger partial charge in [-0.2, -0.15) is 0 Å². The van der Waals surface area contributed by atoms with Gasteiger partial charge in [0.05, 0.1) is 27.8 Å². The number of para-hydroxylation sites is 1. The Morgan fingerprint density at radius 3 is 1.94 bits per heavy atom. The van der Waals surface area contributed by atoms with Crippen molar-refractivity contribution in [3.8, 4) is 16.8 Å². The molecule has 1 spiro atoms. The molecule has 2 nitrogen and oxygen atoms in total. The Bertz CT molecular complexity index is 4220. The van der Waals surface area contributed by atoms with E-state index in [-0.39, 0.29) is 0 Å². The van der Waals surface area contributed by atoms with E-state index in [1.165, 1.54) is 118 Å². The fraction of sp³-hybridized carbons (Fsp3) is 0.0159. The molecule has 1 unspecified atom stereocenters. The van der Waals surface area contributed by atoms with Crippen LogP contribution in [0.1, 0.15) is 22.3 Å². The van der Waals surface area contributed by atoms with Gasteiger partial charge in [0.2, 0.25) is 0 Å². The summed E-state index contributed by atoms with van der Waals surface area (Å²) in [5.41, 5.74) is 14.4. The molecule has 0 radical (unpaired) electrons. The molecule has 67 heavy (non-hydrogen) atoms. The number of benzene rings is 11. The number of hydrogen-bond acceptors (Lipinski definition) is 3. The molecule has 0 saturated carbocycles. The average Bonchev–Trinajstić information content (AvgIpc) is 3.93. The number of anilines is 3. The van der Waals surface area contributed by atoms with Crippen molar-refractivity contribution >= 4 is 104 Å². The summed E-state index contributed by atoms with van der Waals surface area (Å²) >= 11 is 3.77. The largest absolute Gasteiger partial charge is 0.310 e. The molecule has 3 heterocycles. The maximum atomic E-state index is 2.53. The summed E-state index contributed by atoms with van der Waals surface area (Å²) in [6, 6.07) is 86.5. The van der Waals surface area contributed by atoms with E-state index in [1.807, 2.05) is 23.1 Å². The minimum absolute atomic E-state index is 0.517. The summed E-state index contributed by atoms with van der Waals surface area (Å²) in [5, 5.41) is 10.1. The molecular weight excluding hydrogens is 849 g/mol. The number of aromatic nitrogens is 1. The fourth-order valence-electron chi connectivity index (χ4n) is 12.0. The number of rotatable bonds is 4. The van der Waals surface area contributed by atoms with Crippen LogP contribution in [0.4, 0.5) is 17.1 Å². The van der Waals surface area contributed by atoms with Crippen LogP contribution in [0, 0.1) is 0 Å². The molecule has 13 aromatic rings. The molecule has 4 heteroatoms. The first-order valence-electron chi connectivity index (χ1n) is 23.0. The minimum atomic E-state index is -0.517. The van der Waals surface area contributed by atoms with Gasteiger partial charge in [-0.3, -0.25) is 0 Å². The third-order valence-electron chi connectivity index (χ3n) is 14.6. The first-order valence-corrected chi connectivity index (χ1v) is 24.6. The molecule has 1 aliphatic heterocycles. The second-order valence-corrected chi connectivity index (χ2v) is 20.1. The molecule has 15 rings (SSSR count). The van der Waals surface area contributed by atoms with Gasteiger partial charge in [-0.1, -0.05) is 176 Å². The SMILES string of the molecule is c1ccc2c(c1)Sc1cc(N(c3ccc4c(c3)c3ccccc3n4-c3cccc4ccccc34)c3cccc4sc5ccccc5c34)ccc1C21c2ccccc2-c2cccc3cccc1c23. The Kier molecular flexibility index (Phi) is 7.84. The standard InChI is InChI=1S/C63H38N2S2/c1-2-19-43-39(15-1)16-13-28-53(43)65-54-27-8-4-21-45(54)48-37-41(34-36-55(48)65)64(56-29-14-32-59-62(56)47-22-5-9-30-57(47)66-59)42-33-35-51-60(38-42)67-58-31-10-7-25-50(58)63(51)49-24-6-3-20-44(49)46-23-11-17-40-18-12-26-52(63)61(40)46/h1-38H. The Morgan fingerprint density at radius 1 is 0.373 bits per heavy atom. The highest BCUT2D eigenvalue weighted by atomic mass is 32.2. The van der Waals surface area contributed by atoms with E-state index in [0.29, 0.717) is 0 Å². The van der Waals surface area contributed by atoms with Crippen molar-refractivity contribution in [1.29, 1.82) is 0 Å². The summed E-state index contributed by atoms with van der Waals surface area (Å²) in [4.78, 5) is 5.09. The molecule has 11 aromatic carbocycles. The van der Waals surface area contributed by atoms with Crippen LogP contribution in [-0.4, -0.2) is 4.57 Å². The Morgan fingerprint density at radius 2 is 1.00 bits per heavy atom. The second kappa shape index (κ2) is 14.1. The number of nitrogens with zero attached hydrogens (tertiary/aromatic N) is 2. The third kappa shape index (κ3) is 5.12. The molecule has 2 aromatic heterocycles. The minimum Gasteiger partial charge on any atom is -0.310 e. The quantitative estimate of drug-likeness (QED) is 0.174. The highest BCUT2D eigenvalue weighted by molar-refractivity contribution is 7.99. The number of hydrogen-bond donors (Lipinski definition) is 0. The average molecular weight is 887 g/mol. The summed E-state index contributed by atoms with van der Waals surface area (Å²) < 4.78 is 5.04. The van der Waals surface area contributed by atoms with E-state index in [1.54, 1.807) is 0 Å². The maximum absolute atomic E-state index is 2.53. The second-order valence-electron chi connectivity index (χ2n) is 17.9. The predicted molar refractivity (Wildman–Crippen MR) is 285 cm³/mol. The van der Waals surface area contributed by atoms with E-state index < -0.39 is 5.41 Å². The molecule has 0 bridgehead atoms. The van der Waals surface area contributed by atoms with Gasteiger partial charge in [-0.05, 0) is 116 Å². The molecule has 0 fully saturated rings. The zero-order chi connectivity index (χ0) is 43.8. The summed E-state index contributed by atoms with van der Waals surface area (Å²) in [6.07, 6.45) is 0. The van der Waals surface area contributed by atoms with Crippen LogP contribution in [-0.2, 0) is 5.41 Å². The first kappa shape index (κ1) is 37.3. The van der Waals surface area contributed by atoms with Crippen LogP contribution in [0.3, 0.4) is 0 Å². The Labute approximate surface area is 395 Å². The lowest BCUT2D eigenvalue weighted by Crippen LogP contribution is -2.36. The molecule has 0 amide bonds. The number of thiophene rings is 1. The molecule has 1 aliphatic carbocycles. The zero-order valence-corrected chi connectivity index (χ0v) is 37.8. The van der Waals surface area contributed by atoms with Crippen molar-refractivity contribution in [2.24, 2.45) is 0 Å². The highest BCUT2D eigenvalue weighted by Crippen LogP contribution is 2.62. The van der Waals surface area contributed by atoms with E-state index in [0.717, 1.165) is 11.4 Å². The van der Waals surface area contributed by atoms with Crippen LogP contribution >= 0.6 is 23.1 Å². The van der Waals surface area contributed by atoms with Gasteiger partial charge < -0.3 is 9.47 Å². The van der Waals surface area contributed by atoms with Crippen molar-refractivity contribution in [2.75, 3.05) is 4.90 Å². The smallest absolute Gasteiger partial charge is 0.0735 e. The summed E-state index contributed by atoms with van der Waals surface area (Å²) in [6.45, 7) is 0. The molecule has 0 N–H and O–H groups in total. The maximum Gasteiger partial charge on any atom is 0.0735 e. The van der Waals surface area contributed by atoms with Gasteiger partial charge in [0.1, 0.15) is 0 Å². The summed E-state index contributed by atoms with van der Waals surface area (Å²) in [5.74, 6) is 0. The zero-order valence-electron chi connectivity index (χ0n) is 36.2. The first-order chi connectivity index (χ1) is 33.2. The topological polar surface area (TPSA) is 8.17 Å². The molecule has 2 aliphatic rings. The highest BCUT2D eigenvalue weighted by Gasteiger charge is 2.48. The van der Waals surface area contributed by atoms with Crippen LogP contribution < -0.4 is 4.90 Å². The summed E-state index contributed by atoms with van der Waals surface area (Å²) in [7, 11) is 0. The fourth-order valence-corrected chi connectivity index (χ4v) is 14.3. The van der Waals surface area contributed by atoms with Gasteiger partial charge in [0, 0.05) is 57.5 Å².